The van der Waals surface area contributed by atoms with Crippen molar-refractivity contribution in [3.8, 4) is 0 Å². The molecule has 6 heteroatoms. The van der Waals surface area contributed by atoms with Gasteiger partial charge in [0.2, 0.25) is 11.8 Å². The Bertz CT molecular complexity index is 543. The Balaban J connectivity index is 1.43. The molecule has 2 aliphatic carbocycles. The second-order valence-corrected chi connectivity index (χ2v) is 7.33. The van der Waals surface area contributed by atoms with E-state index in [2.05, 4.69) is 15.5 Å². The molecular formula is C17H27N3O3. The van der Waals surface area contributed by atoms with E-state index in [9.17, 15) is 9.90 Å². The molecule has 0 saturated heterocycles. The molecule has 4 unspecified atom stereocenters. The fourth-order valence-corrected chi connectivity index (χ4v) is 4.16. The van der Waals surface area contributed by atoms with Gasteiger partial charge in [0.1, 0.15) is 0 Å². The molecule has 6 nitrogen and oxygen atoms in total. The van der Waals surface area contributed by atoms with Gasteiger partial charge in [0.05, 0.1) is 0 Å². The second kappa shape index (κ2) is 6.99. The Morgan fingerprint density at radius 3 is 2.87 bits per heavy atom. The molecule has 2 bridgehead atoms. The van der Waals surface area contributed by atoms with E-state index in [0.29, 0.717) is 37.0 Å². The molecule has 0 aromatic carbocycles. The zero-order chi connectivity index (χ0) is 16.4. The van der Waals surface area contributed by atoms with Crippen LogP contribution in [-0.4, -0.2) is 33.8 Å². The SMILES string of the molecule is CC(C)c1noc(CCCC(=O)NC2C3CCC(C3)C2CO)n1. The standard InChI is InChI=1S/C17H27N3O3/c1-10(2)17-19-15(23-20-17)5-3-4-14(22)18-16-12-7-6-11(8-12)13(16)9-21/h10-13,16,21H,3-9H2,1-2H3,(H,18,22). The van der Waals surface area contributed by atoms with Crippen LogP contribution in [0.25, 0.3) is 0 Å². The summed E-state index contributed by atoms with van der Waals surface area (Å²) in [5, 5.41) is 16.6. The Morgan fingerprint density at radius 2 is 2.17 bits per heavy atom. The van der Waals surface area contributed by atoms with Crippen LogP contribution in [0.15, 0.2) is 4.52 Å². The third-order valence-corrected chi connectivity index (χ3v) is 5.42. The smallest absolute Gasteiger partial charge is 0.226 e. The molecule has 0 spiro atoms. The molecule has 0 aliphatic heterocycles. The van der Waals surface area contributed by atoms with Gasteiger partial charge < -0.3 is 14.9 Å². The van der Waals surface area contributed by atoms with E-state index in [-0.39, 0.29) is 30.4 Å². The number of nitrogens with one attached hydrogen (secondary N) is 1. The van der Waals surface area contributed by atoms with Crippen molar-refractivity contribution < 1.29 is 14.4 Å². The molecule has 0 radical (unpaired) electrons. The van der Waals surface area contributed by atoms with Crippen molar-refractivity contribution in [2.75, 3.05) is 6.61 Å². The number of amides is 1. The fourth-order valence-electron chi connectivity index (χ4n) is 4.16. The van der Waals surface area contributed by atoms with Crippen LogP contribution in [0, 0.1) is 17.8 Å². The molecule has 1 heterocycles. The monoisotopic (exact) mass is 321 g/mol. The van der Waals surface area contributed by atoms with Gasteiger partial charge in [-0.2, -0.15) is 4.98 Å². The Hall–Kier alpha value is -1.43. The first-order chi connectivity index (χ1) is 11.1. The van der Waals surface area contributed by atoms with Crippen molar-refractivity contribution in [1.82, 2.24) is 15.5 Å². The van der Waals surface area contributed by atoms with Gasteiger partial charge in [-0.1, -0.05) is 19.0 Å². The highest BCUT2D eigenvalue weighted by Crippen LogP contribution is 2.48. The number of carbonyl (C=O) groups is 1. The summed E-state index contributed by atoms with van der Waals surface area (Å²) in [5.74, 6) is 3.07. The van der Waals surface area contributed by atoms with Crippen LogP contribution in [-0.2, 0) is 11.2 Å². The molecule has 1 aromatic heterocycles. The average molecular weight is 321 g/mol. The molecule has 2 saturated carbocycles. The predicted octanol–water partition coefficient (Wildman–Crippen LogP) is 2.04. The van der Waals surface area contributed by atoms with Crippen molar-refractivity contribution in [2.45, 2.75) is 64.3 Å². The summed E-state index contributed by atoms with van der Waals surface area (Å²) in [6, 6.07) is 0.169. The van der Waals surface area contributed by atoms with Gasteiger partial charge >= 0.3 is 0 Å². The third-order valence-electron chi connectivity index (χ3n) is 5.42. The van der Waals surface area contributed by atoms with Crippen LogP contribution >= 0.6 is 0 Å². The number of hydrogen-bond donors (Lipinski definition) is 2. The van der Waals surface area contributed by atoms with E-state index in [1.807, 2.05) is 13.8 Å². The van der Waals surface area contributed by atoms with Crippen molar-refractivity contribution in [3.05, 3.63) is 11.7 Å². The molecular weight excluding hydrogens is 294 g/mol. The normalized spacial score (nSPS) is 29.4. The van der Waals surface area contributed by atoms with E-state index in [1.165, 1.54) is 12.8 Å². The number of aliphatic hydroxyl groups excluding tert-OH is 1. The van der Waals surface area contributed by atoms with Gasteiger partial charge in [-0.25, -0.2) is 0 Å². The lowest BCUT2D eigenvalue weighted by atomic mass is 9.85. The van der Waals surface area contributed by atoms with E-state index in [1.54, 1.807) is 0 Å². The van der Waals surface area contributed by atoms with E-state index in [4.69, 9.17) is 4.52 Å². The zero-order valence-electron chi connectivity index (χ0n) is 14.0. The minimum absolute atomic E-state index is 0.0737. The summed E-state index contributed by atoms with van der Waals surface area (Å²) in [6.45, 7) is 4.23. The van der Waals surface area contributed by atoms with Gasteiger partial charge in [-0.3, -0.25) is 4.79 Å². The molecule has 2 fully saturated rings. The zero-order valence-corrected chi connectivity index (χ0v) is 14.0. The van der Waals surface area contributed by atoms with Crippen molar-refractivity contribution in [3.63, 3.8) is 0 Å². The molecule has 2 N–H and O–H groups in total. The summed E-state index contributed by atoms with van der Waals surface area (Å²) in [6.07, 6.45) is 5.36. The van der Waals surface area contributed by atoms with Crippen molar-refractivity contribution in [2.24, 2.45) is 17.8 Å². The number of aromatic nitrogens is 2. The molecule has 2 aliphatic rings. The maximum absolute atomic E-state index is 12.2. The van der Waals surface area contributed by atoms with Crippen LogP contribution in [0.5, 0.6) is 0 Å². The topological polar surface area (TPSA) is 88.2 Å². The summed E-state index contributed by atoms with van der Waals surface area (Å²) < 4.78 is 5.19. The number of rotatable bonds is 7. The third kappa shape index (κ3) is 3.57. The first kappa shape index (κ1) is 16.4. The first-order valence-corrected chi connectivity index (χ1v) is 8.81. The fraction of sp³-hybridized carbons (Fsp3) is 0.824. The van der Waals surface area contributed by atoms with Crippen LogP contribution in [0.2, 0.25) is 0 Å². The average Bonchev–Trinajstić information content (AvgIpc) is 3.22. The molecule has 4 atom stereocenters. The predicted molar refractivity (Wildman–Crippen MR) is 84.7 cm³/mol. The molecule has 128 valence electrons. The number of aryl methyl sites for hydroxylation is 1. The highest BCUT2D eigenvalue weighted by molar-refractivity contribution is 5.76. The maximum Gasteiger partial charge on any atom is 0.226 e. The van der Waals surface area contributed by atoms with E-state index in [0.717, 1.165) is 12.2 Å². The number of carbonyl (C=O) groups excluding carboxylic acids is 1. The van der Waals surface area contributed by atoms with Crippen LogP contribution in [0.3, 0.4) is 0 Å². The second-order valence-electron chi connectivity index (χ2n) is 7.33. The molecule has 1 amide bonds. The highest BCUT2D eigenvalue weighted by Gasteiger charge is 2.47. The van der Waals surface area contributed by atoms with Crippen LogP contribution < -0.4 is 5.32 Å². The number of aliphatic hydroxyl groups is 1. The van der Waals surface area contributed by atoms with Crippen molar-refractivity contribution >= 4 is 5.91 Å². The Labute approximate surface area is 137 Å². The number of nitrogens with zero attached hydrogens (tertiary/aromatic N) is 2. The Kier molecular flexibility index (Phi) is 4.99. The van der Waals surface area contributed by atoms with Crippen LogP contribution in [0.4, 0.5) is 0 Å². The Morgan fingerprint density at radius 1 is 1.39 bits per heavy atom. The lowest BCUT2D eigenvalue weighted by molar-refractivity contribution is -0.122. The summed E-state index contributed by atoms with van der Waals surface area (Å²) in [4.78, 5) is 16.5. The molecule has 3 rings (SSSR count). The molecule has 1 aromatic rings. The van der Waals surface area contributed by atoms with Gasteiger partial charge in [-0.05, 0) is 37.5 Å². The van der Waals surface area contributed by atoms with Gasteiger partial charge in [0.15, 0.2) is 5.82 Å². The van der Waals surface area contributed by atoms with Gasteiger partial charge in [0.25, 0.3) is 0 Å². The highest BCUT2D eigenvalue weighted by atomic mass is 16.5. The summed E-state index contributed by atoms with van der Waals surface area (Å²) in [7, 11) is 0. The van der Waals surface area contributed by atoms with E-state index >= 15 is 0 Å². The number of hydrogen-bond acceptors (Lipinski definition) is 5. The minimum Gasteiger partial charge on any atom is -0.396 e. The quantitative estimate of drug-likeness (QED) is 0.802. The van der Waals surface area contributed by atoms with Gasteiger partial charge in [-0.15, -0.1) is 0 Å². The lowest BCUT2D eigenvalue weighted by Gasteiger charge is -2.30. The first-order valence-electron chi connectivity index (χ1n) is 8.81. The molecule has 23 heavy (non-hydrogen) atoms. The largest absolute Gasteiger partial charge is 0.396 e. The van der Waals surface area contributed by atoms with Crippen molar-refractivity contribution in [1.29, 1.82) is 0 Å². The van der Waals surface area contributed by atoms with E-state index < -0.39 is 0 Å². The number of fused-ring (bicyclic) bond motifs is 2. The maximum atomic E-state index is 12.2. The minimum atomic E-state index is 0.0737. The summed E-state index contributed by atoms with van der Waals surface area (Å²) in [5.41, 5.74) is 0. The summed E-state index contributed by atoms with van der Waals surface area (Å²) >= 11 is 0. The lowest BCUT2D eigenvalue weighted by Crippen LogP contribution is -2.45. The van der Waals surface area contributed by atoms with Gasteiger partial charge in [0, 0.05) is 37.3 Å². The van der Waals surface area contributed by atoms with Crippen LogP contribution in [0.1, 0.15) is 63.6 Å².